The van der Waals surface area contributed by atoms with Crippen LogP contribution in [0.3, 0.4) is 0 Å². The molecule has 3 nitrogen and oxygen atoms in total. The highest BCUT2D eigenvalue weighted by Crippen LogP contribution is 2.26. The van der Waals surface area contributed by atoms with E-state index in [4.69, 9.17) is 4.74 Å². The van der Waals surface area contributed by atoms with Gasteiger partial charge in [-0.25, -0.2) is 0 Å². The van der Waals surface area contributed by atoms with Crippen molar-refractivity contribution in [3.05, 3.63) is 34.4 Å². The summed E-state index contributed by atoms with van der Waals surface area (Å²) in [7, 11) is 0. The number of carbonyl (C=O) groups is 1. The lowest BCUT2D eigenvalue weighted by molar-refractivity contribution is -0.143. The maximum atomic E-state index is 11.8. The first kappa shape index (κ1) is 16.7. The molecule has 1 rings (SSSR count). The second kappa shape index (κ2) is 8.05. The largest absolute Gasteiger partial charge is 0.466 e. The van der Waals surface area contributed by atoms with Gasteiger partial charge in [0, 0.05) is 6.04 Å². The van der Waals surface area contributed by atoms with E-state index in [1.165, 1.54) is 22.3 Å². The Hall–Kier alpha value is -1.35. The molecular weight excluding hydrogens is 250 g/mol. The van der Waals surface area contributed by atoms with Crippen LogP contribution in [0.2, 0.25) is 0 Å². The van der Waals surface area contributed by atoms with E-state index in [1.54, 1.807) is 0 Å². The molecule has 1 atom stereocenters. The first-order chi connectivity index (χ1) is 9.49. The average molecular weight is 277 g/mol. The van der Waals surface area contributed by atoms with Crippen molar-refractivity contribution in [1.29, 1.82) is 0 Å². The Morgan fingerprint density at radius 1 is 1.20 bits per heavy atom. The topological polar surface area (TPSA) is 38.3 Å². The lowest BCUT2D eigenvalue weighted by atomic mass is 9.92. The van der Waals surface area contributed by atoms with Gasteiger partial charge in [0.2, 0.25) is 0 Å². The zero-order valence-electron chi connectivity index (χ0n) is 13.4. The molecular formula is C17H27NO2. The fourth-order valence-electron chi connectivity index (χ4n) is 2.72. The number of esters is 1. The number of nitrogens with one attached hydrogen (secondary N) is 1. The Morgan fingerprint density at radius 3 is 2.30 bits per heavy atom. The van der Waals surface area contributed by atoms with Crippen LogP contribution in [0, 0.1) is 20.8 Å². The summed E-state index contributed by atoms with van der Waals surface area (Å²) in [5.41, 5.74) is 4.96. The van der Waals surface area contributed by atoms with Crippen LogP contribution in [-0.4, -0.2) is 19.1 Å². The molecule has 0 aliphatic heterocycles. The summed E-state index contributed by atoms with van der Waals surface area (Å²) < 4.78 is 5.10. The minimum absolute atomic E-state index is 0.0367. The third kappa shape index (κ3) is 4.64. The van der Waals surface area contributed by atoms with E-state index in [0.717, 1.165) is 13.0 Å². The molecule has 20 heavy (non-hydrogen) atoms. The normalized spacial score (nSPS) is 12.2. The molecule has 0 spiro atoms. The van der Waals surface area contributed by atoms with Gasteiger partial charge < -0.3 is 10.1 Å². The first-order valence-electron chi connectivity index (χ1n) is 7.46. The summed E-state index contributed by atoms with van der Waals surface area (Å²) in [6, 6.07) is 4.39. The van der Waals surface area contributed by atoms with Crippen molar-refractivity contribution in [2.75, 3.05) is 13.2 Å². The first-order valence-corrected chi connectivity index (χ1v) is 7.46. The second-order valence-corrected chi connectivity index (χ2v) is 5.33. The fourth-order valence-corrected chi connectivity index (χ4v) is 2.72. The molecule has 0 radical (unpaired) electrons. The molecule has 0 bridgehead atoms. The predicted octanol–water partition coefficient (Wildman–Crippen LogP) is 3.61. The molecule has 1 unspecified atom stereocenters. The van der Waals surface area contributed by atoms with Crippen LogP contribution >= 0.6 is 0 Å². The standard InChI is InChI=1S/C17H27NO2/c1-6-8-18-15(11-16(19)20-7-2)17-13(4)9-12(3)10-14(17)5/h9-10,15,18H,6-8,11H2,1-5H3. The van der Waals surface area contributed by atoms with E-state index in [0.29, 0.717) is 13.0 Å². The molecule has 0 amide bonds. The molecule has 0 aliphatic carbocycles. The molecule has 0 aliphatic rings. The van der Waals surface area contributed by atoms with E-state index < -0.39 is 0 Å². The highest BCUT2D eigenvalue weighted by molar-refractivity contribution is 5.70. The fraction of sp³-hybridized carbons (Fsp3) is 0.588. The zero-order valence-corrected chi connectivity index (χ0v) is 13.4. The third-order valence-corrected chi connectivity index (χ3v) is 3.40. The number of hydrogen-bond acceptors (Lipinski definition) is 3. The van der Waals surface area contributed by atoms with Crippen molar-refractivity contribution in [2.24, 2.45) is 0 Å². The summed E-state index contributed by atoms with van der Waals surface area (Å²) in [4.78, 5) is 11.8. The van der Waals surface area contributed by atoms with Crippen LogP contribution < -0.4 is 5.32 Å². The van der Waals surface area contributed by atoms with Gasteiger partial charge in [0.05, 0.1) is 13.0 Å². The van der Waals surface area contributed by atoms with Crippen molar-refractivity contribution in [3.63, 3.8) is 0 Å². The van der Waals surface area contributed by atoms with Gasteiger partial charge in [-0.05, 0) is 57.4 Å². The minimum Gasteiger partial charge on any atom is -0.466 e. The lowest BCUT2D eigenvalue weighted by Gasteiger charge is -2.23. The maximum Gasteiger partial charge on any atom is 0.307 e. The smallest absolute Gasteiger partial charge is 0.307 e. The minimum atomic E-state index is -0.138. The van der Waals surface area contributed by atoms with Crippen LogP contribution in [0.25, 0.3) is 0 Å². The molecule has 0 aromatic heterocycles. The number of aryl methyl sites for hydroxylation is 3. The van der Waals surface area contributed by atoms with E-state index >= 15 is 0 Å². The molecule has 0 saturated heterocycles. The van der Waals surface area contributed by atoms with Gasteiger partial charge in [0.15, 0.2) is 0 Å². The van der Waals surface area contributed by atoms with Crippen molar-refractivity contribution in [2.45, 2.75) is 53.5 Å². The molecule has 0 saturated carbocycles. The summed E-state index contributed by atoms with van der Waals surface area (Å²) in [5, 5.41) is 3.48. The zero-order chi connectivity index (χ0) is 15.1. The summed E-state index contributed by atoms with van der Waals surface area (Å²) >= 11 is 0. The SMILES string of the molecule is CCCNC(CC(=O)OCC)c1c(C)cc(C)cc1C. The number of hydrogen-bond donors (Lipinski definition) is 1. The van der Waals surface area contributed by atoms with E-state index in [9.17, 15) is 4.79 Å². The van der Waals surface area contributed by atoms with Crippen molar-refractivity contribution < 1.29 is 9.53 Å². The summed E-state index contributed by atoms with van der Waals surface area (Å²) in [5.74, 6) is -0.138. The van der Waals surface area contributed by atoms with E-state index in [2.05, 4.69) is 45.1 Å². The van der Waals surface area contributed by atoms with Gasteiger partial charge >= 0.3 is 5.97 Å². The van der Waals surface area contributed by atoms with Crippen LogP contribution in [-0.2, 0) is 9.53 Å². The van der Waals surface area contributed by atoms with E-state index in [-0.39, 0.29) is 12.0 Å². The Balaban J connectivity index is 3.00. The van der Waals surface area contributed by atoms with Crippen LogP contribution in [0.15, 0.2) is 12.1 Å². The quantitative estimate of drug-likeness (QED) is 0.774. The van der Waals surface area contributed by atoms with Crippen molar-refractivity contribution >= 4 is 5.97 Å². The van der Waals surface area contributed by atoms with Crippen LogP contribution in [0.5, 0.6) is 0 Å². The molecule has 3 heteroatoms. The van der Waals surface area contributed by atoms with Gasteiger partial charge in [-0.3, -0.25) is 4.79 Å². The summed E-state index contributed by atoms with van der Waals surface area (Å²) in [6.45, 7) is 11.6. The average Bonchev–Trinajstić information content (AvgIpc) is 2.34. The number of ether oxygens (including phenoxy) is 1. The molecule has 0 heterocycles. The van der Waals surface area contributed by atoms with Crippen molar-refractivity contribution in [3.8, 4) is 0 Å². The van der Waals surface area contributed by atoms with Gasteiger partial charge in [-0.15, -0.1) is 0 Å². The Morgan fingerprint density at radius 2 is 1.80 bits per heavy atom. The highest BCUT2D eigenvalue weighted by Gasteiger charge is 2.20. The predicted molar refractivity (Wildman–Crippen MR) is 82.9 cm³/mol. The highest BCUT2D eigenvalue weighted by atomic mass is 16.5. The monoisotopic (exact) mass is 277 g/mol. The Kier molecular flexibility index (Phi) is 6.73. The van der Waals surface area contributed by atoms with Crippen LogP contribution in [0.1, 0.15) is 55.0 Å². The Labute approximate surface area is 122 Å². The van der Waals surface area contributed by atoms with Crippen LogP contribution in [0.4, 0.5) is 0 Å². The van der Waals surface area contributed by atoms with Gasteiger partial charge in [0.25, 0.3) is 0 Å². The van der Waals surface area contributed by atoms with Crippen molar-refractivity contribution in [1.82, 2.24) is 5.32 Å². The van der Waals surface area contributed by atoms with Gasteiger partial charge in [-0.1, -0.05) is 24.6 Å². The number of benzene rings is 1. The molecule has 1 N–H and O–H groups in total. The molecule has 112 valence electrons. The second-order valence-electron chi connectivity index (χ2n) is 5.33. The Bertz CT molecular complexity index is 431. The number of rotatable bonds is 7. The molecule has 0 fully saturated rings. The van der Waals surface area contributed by atoms with Gasteiger partial charge in [-0.2, -0.15) is 0 Å². The number of carbonyl (C=O) groups excluding carboxylic acids is 1. The van der Waals surface area contributed by atoms with E-state index in [1.807, 2.05) is 6.92 Å². The molecule has 1 aromatic rings. The summed E-state index contributed by atoms with van der Waals surface area (Å²) in [6.07, 6.45) is 1.43. The van der Waals surface area contributed by atoms with Gasteiger partial charge in [0.1, 0.15) is 0 Å². The lowest BCUT2D eigenvalue weighted by Crippen LogP contribution is -2.27. The third-order valence-electron chi connectivity index (χ3n) is 3.40. The maximum absolute atomic E-state index is 11.8. The molecule has 1 aromatic carbocycles.